The van der Waals surface area contributed by atoms with Crippen molar-refractivity contribution in [1.82, 2.24) is 9.47 Å². The van der Waals surface area contributed by atoms with E-state index in [1.54, 1.807) is 12.1 Å². The number of likely N-dealkylation sites (tertiary alicyclic amines) is 1. The van der Waals surface area contributed by atoms with Gasteiger partial charge in [-0.15, -0.1) is 0 Å². The van der Waals surface area contributed by atoms with E-state index in [0.29, 0.717) is 23.4 Å². The van der Waals surface area contributed by atoms with Gasteiger partial charge in [-0.1, -0.05) is 18.2 Å². The van der Waals surface area contributed by atoms with Crippen molar-refractivity contribution in [1.29, 1.82) is 0 Å². The lowest BCUT2D eigenvalue weighted by Gasteiger charge is -2.29. The van der Waals surface area contributed by atoms with Crippen LogP contribution < -0.4 is 14.8 Å². The molecule has 2 aliphatic heterocycles. The second kappa shape index (κ2) is 9.09. The van der Waals surface area contributed by atoms with Gasteiger partial charge in [-0.05, 0) is 49.7 Å². The third-order valence-electron chi connectivity index (χ3n) is 7.43. The largest absolute Gasteiger partial charge is 0.493 e. The van der Waals surface area contributed by atoms with Gasteiger partial charge in [-0.25, -0.2) is 4.79 Å². The Morgan fingerprint density at radius 3 is 2.58 bits per heavy atom. The molecule has 38 heavy (non-hydrogen) atoms. The number of ether oxygens (including phenoxy) is 3. The van der Waals surface area contributed by atoms with Crippen molar-refractivity contribution < 1.29 is 28.6 Å². The number of anilines is 1. The van der Waals surface area contributed by atoms with E-state index in [2.05, 4.69) is 28.9 Å². The highest BCUT2D eigenvalue weighted by atomic mass is 16.6. The number of aryl methyl sites for hydroxylation is 1. The van der Waals surface area contributed by atoms with Gasteiger partial charge in [0.05, 0.1) is 14.2 Å². The summed E-state index contributed by atoms with van der Waals surface area (Å²) < 4.78 is 18.6. The topological polar surface area (TPSA) is 99.1 Å². The minimum Gasteiger partial charge on any atom is -0.493 e. The van der Waals surface area contributed by atoms with Crippen LogP contribution in [0.25, 0.3) is 21.8 Å². The number of amides is 2. The molecule has 2 aliphatic rings. The number of benzene rings is 3. The molecule has 1 N–H and O–H groups in total. The predicted octanol–water partition coefficient (Wildman–Crippen LogP) is 4.63. The normalized spacial score (nSPS) is 18.7. The molecule has 0 aliphatic carbocycles. The summed E-state index contributed by atoms with van der Waals surface area (Å²) in [6.07, 6.45) is -0.524. The number of fused-ring (bicyclic) bond motifs is 4. The molecule has 1 saturated heterocycles. The maximum atomic E-state index is 13.5. The van der Waals surface area contributed by atoms with E-state index in [0.717, 1.165) is 28.4 Å². The fraction of sp³-hybridized carbons (Fsp3) is 0.276. The van der Waals surface area contributed by atoms with Crippen LogP contribution in [0.15, 0.2) is 54.6 Å². The van der Waals surface area contributed by atoms with Crippen molar-refractivity contribution in [2.45, 2.75) is 38.6 Å². The van der Waals surface area contributed by atoms with Crippen molar-refractivity contribution in [2.75, 3.05) is 19.5 Å². The predicted molar refractivity (Wildman–Crippen MR) is 141 cm³/mol. The van der Waals surface area contributed by atoms with Crippen LogP contribution >= 0.6 is 0 Å². The van der Waals surface area contributed by atoms with Crippen LogP contribution in [0, 0.1) is 0 Å². The molecular formula is C29H27N3O6. The first kappa shape index (κ1) is 23.8. The summed E-state index contributed by atoms with van der Waals surface area (Å²) in [6, 6.07) is 16.5. The first-order valence-electron chi connectivity index (χ1n) is 12.6. The van der Waals surface area contributed by atoms with Crippen LogP contribution in [-0.4, -0.2) is 47.5 Å². The maximum Gasteiger partial charge on any atom is 0.344 e. The molecule has 3 aromatic carbocycles. The smallest absolute Gasteiger partial charge is 0.344 e. The molecule has 0 radical (unpaired) electrons. The fourth-order valence-electron chi connectivity index (χ4n) is 5.74. The van der Waals surface area contributed by atoms with Crippen molar-refractivity contribution in [3.63, 3.8) is 0 Å². The quantitative estimate of drug-likeness (QED) is 0.378. The fourth-order valence-corrected chi connectivity index (χ4v) is 5.74. The van der Waals surface area contributed by atoms with Crippen LogP contribution in [0.5, 0.6) is 11.5 Å². The SMILES string of the molecule is CCn1c2ccccc2c2cc(NC(=O)[C@@H]3CCC(=O)N3[C@H]3OC(=O)c4c3ccc(OC)c4OC)ccc21. The molecule has 2 atom stereocenters. The molecular weight excluding hydrogens is 486 g/mol. The zero-order valence-corrected chi connectivity index (χ0v) is 21.3. The maximum absolute atomic E-state index is 13.5. The molecule has 6 rings (SSSR count). The Hall–Kier alpha value is -4.53. The Morgan fingerprint density at radius 2 is 1.82 bits per heavy atom. The van der Waals surface area contributed by atoms with Crippen LogP contribution in [0.4, 0.5) is 5.69 Å². The number of para-hydroxylation sites is 1. The van der Waals surface area contributed by atoms with Gasteiger partial charge in [0.15, 0.2) is 11.5 Å². The summed E-state index contributed by atoms with van der Waals surface area (Å²) >= 11 is 0. The second-order valence-corrected chi connectivity index (χ2v) is 9.36. The number of rotatable bonds is 6. The number of methoxy groups -OCH3 is 2. The summed E-state index contributed by atoms with van der Waals surface area (Å²) in [4.78, 5) is 40.7. The highest BCUT2D eigenvalue weighted by Gasteiger charge is 2.47. The Labute approximate surface area is 218 Å². The Balaban J connectivity index is 1.32. The standard InChI is InChI=1S/C29H27N3O6/c1-4-31-20-8-6-5-7-17(20)19-15-16(9-11-21(19)31)30-27(34)22-12-14-24(33)32(22)28-18-10-13-23(36-2)26(37-3)25(18)29(35)38-28/h5-11,13,15,22,28H,4,12,14H2,1-3H3,(H,30,34)/t22-,28-/m0/s1. The van der Waals surface area contributed by atoms with Crippen molar-refractivity contribution in [3.05, 3.63) is 65.7 Å². The van der Waals surface area contributed by atoms with E-state index in [1.807, 2.05) is 30.3 Å². The summed E-state index contributed by atoms with van der Waals surface area (Å²) in [5, 5.41) is 5.14. The first-order valence-corrected chi connectivity index (χ1v) is 12.6. The highest BCUT2D eigenvalue weighted by molar-refractivity contribution is 6.10. The van der Waals surface area contributed by atoms with Gasteiger partial charge in [0, 0.05) is 46.0 Å². The van der Waals surface area contributed by atoms with Crippen LogP contribution in [0.1, 0.15) is 41.9 Å². The van der Waals surface area contributed by atoms with Crippen molar-refractivity contribution in [2.24, 2.45) is 0 Å². The molecule has 3 heterocycles. The van der Waals surface area contributed by atoms with Gasteiger partial charge in [-0.2, -0.15) is 0 Å². The zero-order valence-electron chi connectivity index (χ0n) is 21.3. The summed E-state index contributed by atoms with van der Waals surface area (Å²) in [6.45, 7) is 2.93. The summed E-state index contributed by atoms with van der Waals surface area (Å²) in [7, 11) is 2.91. The van der Waals surface area contributed by atoms with Gasteiger partial charge in [0.25, 0.3) is 0 Å². The molecule has 4 aromatic rings. The van der Waals surface area contributed by atoms with Crippen molar-refractivity contribution >= 4 is 45.3 Å². The molecule has 0 spiro atoms. The molecule has 1 fully saturated rings. The molecule has 9 nitrogen and oxygen atoms in total. The number of cyclic esters (lactones) is 1. The summed E-state index contributed by atoms with van der Waals surface area (Å²) in [5.41, 5.74) is 3.53. The molecule has 1 aromatic heterocycles. The number of hydrogen-bond acceptors (Lipinski definition) is 6. The number of hydrogen-bond donors (Lipinski definition) is 1. The zero-order chi connectivity index (χ0) is 26.6. The number of nitrogens with zero attached hydrogens (tertiary/aromatic N) is 2. The van der Waals surface area contributed by atoms with Gasteiger partial charge >= 0.3 is 5.97 Å². The Kier molecular flexibility index (Phi) is 5.71. The third-order valence-corrected chi connectivity index (χ3v) is 7.43. The molecule has 9 heteroatoms. The van der Waals surface area contributed by atoms with Crippen molar-refractivity contribution in [3.8, 4) is 11.5 Å². The van der Waals surface area contributed by atoms with Crippen LogP contribution in [0.2, 0.25) is 0 Å². The third kappa shape index (κ3) is 3.49. The monoisotopic (exact) mass is 513 g/mol. The summed E-state index contributed by atoms with van der Waals surface area (Å²) in [5.74, 6) is -0.598. The average Bonchev–Trinajstić information content (AvgIpc) is 3.58. The van der Waals surface area contributed by atoms with Gasteiger partial charge in [0.2, 0.25) is 18.0 Å². The minimum atomic E-state index is -1.02. The molecule has 2 amide bonds. The van der Waals surface area contributed by atoms with E-state index >= 15 is 0 Å². The number of nitrogens with one attached hydrogen (secondary N) is 1. The number of esters is 1. The highest BCUT2D eigenvalue weighted by Crippen LogP contribution is 2.45. The first-order chi connectivity index (χ1) is 18.5. The van der Waals surface area contributed by atoms with Gasteiger partial charge in [0.1, 0.15) is 11.6 Å². The van der Waals surface area contributed by atoms with E-state index in [1.165, 1.54) is 19.1 Å². The lowest BCUT2D eigenvalue weighted by molar-refractivity contribution is -0.144. The van der Waals surface area contributed by atoms with Crippen LogP contribution in [-0.2, 0) is 20.9 Å². The van der Waals surface area contributed by atoms with E-state index < -0.39 is 18.2 Å². The lowest BCUT2D eigenvalue weighted by atomic mass is 10.0. The van der Waals surface area contributed by atoms with E-state index in [4.69, 9.17) is 14.2 Å². The van der Waals surface area contributed by atoms with E-state index in [9.17, 15) is 14.4 Å². The van der Waals surface area contributed by atoms with Gasteiger partial charge < -0.3 is 24.1 Å². The molecule has 0 saturated carbocycles. The Bertz CT molecular complexity index is 1620. The number of aromatic nitrogens is 1. The molecule has 0 unspecified atom stereocenters. The second-order valence-electron chi connectivity index (χ2n) is 9.36. The lowest BCUT2D eigenvalue weighted by Crippen LogP contribution is -2.43. The average molecular weight is 514 g/mol. The van der Waals surface area contributed by atoms with Crippen LogP contribution in [0.3, 0.4) is 0 Å². The molecule has 194 valence electrons. The Morgan fingerprint density at radius 1 is 1.03 bits per heavy atom. The minimum absolute atomic E-state index is 0.178. The number of carbonyl (C=O) groups is 3. The van der Waals surface area contributed by atoms with Gasteiger partial charge in [-0.3, -0.25) is 14.5 Å². The molecule has 0 bridgehead atoms. The van der Waals surface area contributed by atoms with E-state index in [-0.39, 0.29) is 29.5 Å². The number of carbonyl (C=O) groups excluding carboxylic acids is 3.